The number of halogens is 3. The van der Waals surface area contributed by atoms with Crippen molar-refractivity contribution in [2.75, 3.05) is 16.2 Å². The summed E-state index contributed by atoms with van der Waals surface area (Å²) in [6, 6.07) is 2.82. The van der Waals surface area contributed by atoms with Gasteiger partial charge in [0.2, 0.25) is 5.91 Å². The van der Waals surface area contributed by atoms with Crippen molar-refractivity contribution in [3.8, 4) is 5.75 Å². The van der Waals surface area contributed by atoms with Gasteiger partial charge in [0.1, 0.15) is 29.0 Å². The number of hydrogen-bond donors (Lipinski definition) is 2. The molecule has 35 heavy (non-hydrogen) atoms. The number of hydrogen-bond acceptors (Lipinski definition) is 7. The Kier molecular flexibility index (Phi) is 6.29. The molecule has 1 aromatic heterocycles. The van der Waals surface area contributed by atoms with Gasteiger partial charge in [-0.25, -0.2) is 17.5 Å². The number of aromatic nitrogens is 2. The predicted molar refractivity (Wildman–Crippen MR) is 113 cm³/mol. The number of carboxylic acid groups (broad SMARTS) is 1. The van der Waals surface area contributed by atoms with Crippen LogP contribution in [-0.2, 0) is 14.8 Å². The summed E-state index contributed by atoms with van der Waals surface area (Å²) in [7, 11) is -4.52. The van der Waals surface area contributed by atoms with Crippen LogP contribution in [0.25, 0.3) is 0 Å². The third kappa shape index (κ3) is 4.72. The lowest BCUT2D eigenvalue weighted by molar-refractivity contribution is -0.242. The molecule has 0 spiro atoms. The lowest BCUT2D eigenvalue weighted by atomic mass is 10.1. The van der Waals surface area contributed by atoms with Gasteiger partial charge in [0.25, 0.3) is 10.0 Å². The van der Waals surface area contributed by atoms with Crippen molar-refractivity contribution in [3.63, 3.8) is 0 Å². The number of alkyl halides is 3. The Hall–Kier alpha value is -3.49. The number of aryl methyl sites for hydroxylation is 1. The molecule has 15 heteroatoms. The highest BCUT2D eigenvalue weighted by Crippen LogP contribution is 2.42. The van der Waals surface area contributed by atoms with Crippen LogP contribution in [0.5, 0.6) is 5.75 Å². The van der Waals surface area contributed by atoms with E-state index in [0.717, 1.165) is 4.31 Å². The highest BCUT2D eigenvalue weighted by molar-refractivity contribution is 7.93. The van der Waals surface area contributed by atoms with Crippen LogP contribution >= 0.6 is 0 Å². The summed E-state index contributed by atoms with van der Waals surface area (Å²) in [6.07, 6.45) is -2.99. The van der Waals surface area contributed by atoms with E-state index in [1.54, 1.807) is 0 Å². The van der Waals surface area contributed by atoms with Crippen molar-refractivity contribution in [3.05, 3.63) is 30.1 Å². The highest BCUT2D eigenvalue weighted by Gasteiger charge is 2.45. The average molecular weight is 516 g/mol. The Balaban J connectivity index is 1.73. The average Bonchev–Trinajstić information content (AvgIpc) is 3.36. The van der Waals surface area contributed by atoms with Crippen molar-refractivity contribution >= 4 is 33.4 Å². The van der Waals surface area contributed by atoms with Crippen LogP contribution in [0, 0.1) is 12.8 Å². The monoisotopic (exact) mass is 516 g/mol. The van der Waals surface area contributed by atoms with Crippen LogP contribution < -0.4 is 24.8 Å². The number of benzene rings is 1. The molecule has 1 aliphatic carbocycles. The molecule has 1 fully saturated rings. The van der Waals surface area contributed by atoms with E-state index in [2.05, 4.69) is 10.4 Å². The van der Waals surface area contributed by atoms with Crippen LogP contribution in [0.15, 0.2) is 29.3 Å². The van der Waals surface area contributed by atoms with E-state index in [1.165, 1.54) is 32.0 Å². The van der Waals surface area contributed by atoms with Crippen molar-refractivity contribution in [1.29, 1.82) is 0 Å². The van der Waals surface area contributed by atoms with Gasteiger partial charge in [-0.15, -0.1) is 0 Å². The molecule has 190 valence electrons. The Morgan fingerprint density at radius 2 is 2.03 bits per heavy atom. The third-order valence-electron chi connectivity index (χ3n) is 5.76. The van der Waals surface area contributed by atoms with Gasteiger partial charge in [0, 0.05) is 5.69 Å². The zero-order chi connectivity index (χ0) is 25.7. The predicted octanol–water partition coefficient (Wildman–Crippen LogP) is 1.16. The Labute approximate surface area is 197 Å². The van der Waals surface area contributed by atoms with E-state index < -0.39 is 57.7 Å². The standard InChI is InChI=1S/C20H22F3N5O6S/c1-9-17(8-27(26-9)19(22)23)35(32,33)28-10(2)16(7-24-18(29)12-6-13(12)21)34-15-4-3-11(5-14(15)28)25-20(30)31/h3-5,8,10,12-13,16,19,25H,6-7H2,1-2H3,(H,24,29)(H,30,31)/p-1/t10-,12+,13-,16+/m1/s1. The quantitative estimate of drug-likeness (QED) is 0.562. The molecule has 2 heterocycles. The zero-order valence-corrected chi connectivity index (χ0v) is 19.3. The molecule has 11 nitrogen and oxygen atoms in total. The number of nitrogens with one attached hydrogen (secondary N) is 2. The minimum atomic E-state index is -4.52. The molecule has 4 atom stereocenters. The number of ether oxygens (including phenoxy) is 1. The molecule has 2 amide bonds. The molecule has 1 aliphatic heterocycles. The summed E-state index contributed by atoms with van der Waals surface area (Å²) in [5, 5.41) is 19.1. The Morgan fingerprint density at radius 3 is 2.60 bits per heavy atom. The van der Waals surface area contributed by atoms with E-state index in [-0.39, 0.29) is 40.5 Å². The smallest absolute Gasteiger partial charge is 0.333 e. The molecule has 1 aromatic carbocycles. The number of amides is 2. The van der Waals surface area contributed by atoms with Crippen molar-refractivity contribution in [2.24, 2.45) is 5.92 Å². The van der Waals surface area contributed by atoms with E-state index in [1.807, 2.05) is 5.32 Å². The van der Waals surface area contributed by atoms with Gasteiger partial charge in [-0.05, 0) is 38.5 Å². The van der Waals surface area contributed by atoms with Gasteiger partial charge in [-0.2, -0.15) is 13.9 Å². The van der Waals surface area contributed by atoms with E-state index in [0.29, 0.717) is 6.20 Å². The topological polar surface area (TPSA) is 146 Å². The minimum Gasteiger partial charge on any atom is -0.530 e. The maximum Gasteiger partial charge on any atom is 0.333 e. The number of carbonyl (C=O) groups excluding carboxylic acids is 2. The number of rotatable bonds is 7. The fraction of sp³-hybridized carbons (Fsp3) is 0.450. The van der Waals surface area contributed by atoms with Gasteiger partial charge >= 0.3 is 6.55 Å². The van der Waals surface area contributed by atoms with Crippen LogP contribution in [0.4, 0.5) is 29.3 Å². The number of anilines is 2. The molecular weight excluding hydrogens is 495 g/mol. The SMILES string of the molecule is Cc1nn(C(F)F)cc1S(=O)(=O)N1c2cc(NC(=O)[O-])ccc2O[C@@H](CNC(=O)[C@H]2C[C@H]2F)[C@H]1C. The Morgan fingerprint density at radius 1 is 1.34 bits per heavy atom. The summed E-state index contributed by atoms with van der Waals surface area (Å²) in [5.74, 6) is -1.26. The molecule has 0 bridgehead atoms. The third-order valence-corrected chi connectivity index (χ3v) is 7.77. The van der Waals surface area contributed by atoms with Crippen LogP contribution in [0.2, 0.25) is 0 Å². The molecule has 0 radical (unpaired) electrons. The number of carbonyl (C=O) groups is 2. The number of fused-ring (bicyclic) bond motifs is 1. The van der Waals surface area contributed by atoms with Crippen LogP contribution in [0.3, 0.4) is 0 Å². The van der Waals surface area contributed by atoms with Crippen molar-refractivity contribution in [1.82, 2.24) is 15.1 Å². The van der Waals surface area contributed by atoms with E-state index in [9.17, 15) is 36.3 Å². The lowest BCUT2D eigenvalue weighted by Gasteiger charge is -2.41. The minimum absolute atomic E-state index is 0.0192. The maximum atomic E-state index is 13.7. The highest BCUT2D eigenvalue weighted by atomic mass is 32.2. The van der Waals surface area contributed by atoms with Gasteiger partial charge in [-0.1, -0.05) is 0 Å². The molecule has 0 unspecified atom stereocenters. The summed E-state index contributed by atoms with van der Waals surface area (Å²) in [6.45, 7) is -0.510. The molecule has 4 rings (SSSR count). The first-order valence-corrected chi connectivity index (χ1v) is 11.9. The van der Waals surface area contributed by atoms with Crippen molar-refractivity contribution < 1.29 is 41.0 Å². The maximum absolute atomic E-state index is 13.7. The van der Waals surface area contributed by atoms with Gasteiger partial charge < -0.3 is 25.3 Å². The molecule has 2 N–H and O–H groups in total. The summed E-state index contributed by atoms with van der Waals surface area (Å²) >= 11 is 0. The second-order valence-corrected chi connectivity index (χ2v) is 10.0. The normalized spacial score (nSPS) is 23.4. The number of sulfonamides is 1. The fourth-order valence-corrected chi connectivity index (χ4v) is 5.71. The van der Waals surface area contributed by atoms with E-state index in [4.69, 9.17) is 4.74 Å². The van der Waals surface area contributed by atoms with Crippen molar-refractivity contribution in [2.45, 2.75) is 50.0 Å². The molecule has 0 saturated heterocycles. The van der Waals surface area contributed by atoms with E-state index >= 15 is 0 Å². The summed E-state index contributed by atoms with van der Waals surface area (Å²) in [4.78, 5) is 22.6. The fourth-order valence-electron chi connectivity index (χ4n) is 3.87. The van der Waals surface area contributed by atoms with Crippen LogP contribution in [-0.4, -0.2) is 55.1 Å². The molecule has 2 aliphatic rings. The molecule has 1 saturated carbocycles. The Bertz CT molecular complexity index is 1270. The largest absolute Gasteiger partial charge is 0.530 e. The lowest BCUT2D eigenvalue weighted by Crippen LogP contribution is -2.54. The first kappa shape index (κ1) is 24.6. The summed E-state index contributed by atoms with van der Waals surface area (Å²) in [5.41, 5.74) is -0.266. The second kappa shape index (κ2) is 8.94. The summed E-state index contributed by atoms with van der Waals surface area (Å²) < 4.78 is 73.9. The number of nitrogens with zero attached hydrogens (tertiary/aromatic N) is 3. The van der Waals surface area contributed by atoms with Crippen LogP contribution in [0.1, 0.15) is 25.6 Å². The van der Waals surface area contributed by atoms with Gasteiger partial charge in [0.15, 0.2) is 0 Å². The molecule has 2 aromatic rings. The second-order valence-electron chi connectivity index (χ2n) is 8.23. The first-order valence-electron chi connectivity index (χ1n) is 10.5. The van der Waals surface area contributed by atoms with Gasteiger partial charge in [0.05, 0.1) is 36.1 Å². The van der Waals surface area contributed by atoms with Gasteiger partial charge in [-0.3, -0.25) is 9.10 Å². The zero-order valence-electron chi connectivity index (χ0n) is 18.4. The first-order chi connectivity index (χ1) is 16.4. The molecular formula is C20H21F3N5O6S-.